The van der Waals surface area contributed by atoms with Crippen LogP contribution in [0.4, 0.5) is 0 Å². The Labute approximate surface area is 174 Å². The standard InChI is InChI=1S/C24H26O6/c1-22-7-5-15-14(4-9-24(28)21-18(30-21)6-8-23(15,24)12-25)16(22)10-17(26)20(22)13-2-3-19(27)29-11-13/h2-3,10-12,14-15,18,20-21,28H,4-9H2,1H3/t14-,15+,18-,20+,21-,22+,23+,24+/m1/s1. The van der Waals surface area contributed by atoms with E-state index in [4.69, 9.17) is 9.15 Å². The van der Waals surface area contributed by atoms with Crippen molar-refractivity contribution < 1.29 is 23.8 Å². The highest BCUT2D eigenvalue weighted by Gasteiger charge is 2.73. The predicted octanol–water partition coefficient (Wildman–Crippen LogP) is 2.54. The topological polar surface area (TPSA) is 97.1 Å². The Bertz CT molecular complexity index is 1020. The first-order valence-corrected chi connectivity index (χ1v) is 11.0. The summed E-state index contributed by atoms with van der Waals surface area (Å²) in [6.45, 7) is 2.13. The summed E-state index contributed by atoms with van der Waals surface area (Å²) in [6, 6.07) is 3.06. The molecule has 4 aliphatic carbocycles. The maximum absolute atomic E-state index is 13.1. The van der Waals surface area contributed by atoms with Gasteiger partial charge in [-0.3, -0.25) is 4.79 Å². The minimum absolute atomic E-state index is 0.0264. The van der Waals surface area contributed by atoms with Crippen molar-refractivity contribution in [3.8, 4) is 0 Å². The summed E-state index contributed by atoms with van der Waals surface area (Å²) in [5.41, 5.74) is -0.818. The van der Waals surface area contributed by atoms with E-state index in [0.29, 0.717) is 12.8 Å². The molecule has 6 rings (SSSR count). The Morgan fingerprint density at radius 1 is 1.13 bits per heavy atom. The van der Waals surface area contributed by atoms with Crippen molar-refractivity contribution in [3.05, 3.63) is 46.0 Å². The number of aliphatic hydroxyl groups is 1. The maximum atomic E-state index is 13.1. The van der Waals surface area contributed by atoms with Crippen molar-refractivity contribution in [1.29, 1.82) is 0 Å². The van der Waals surface area contributed by atoms with Gasteiger partial charge >= 0.3 is 5.63 Å². The van der Waals surface area contributed by atoms with Gasteiger partial charge in [-0.05, 0) is 68.1 Å². The molecule has 6 nitrogen and oxygen atoms in total. The third kappa shape index (κ3) is 2.09. The Balaban J connectivity index is 1.40. The van der Waals surface area contributed by atoms with E-state index in [0.717, 1.165) is 43.1 Å². The van der Waals surface area contributed by atoms with Gasteiger partial charge < -0.3 is 19.1 Å². The van der Waals surface area contributed by atoms with Crippen LogP contribution in [0.15, 0.2) is 39.3 Å². The van der Waals surface area contributed by atoms with Gasteiger partial charge in [0.25, 0.3) is 0 Å². The first kappa shape index (κ1) is 18.7. The van der Waals surface area contributed by atoms with Gasteiger partial charge in [0.05, 0.1) is 23.7 Å². The van der Waals surface area contributed by atoms with Crippen LogP contribution >= 0.6 is 0 Å². The van der Waals surface area contributed by atoms with E-state index < -0.39 is 16.6 Å². The number of hydrogen-bond donors (Lipinski definition) is 1. The number of ketones is 1. The zero-order valence-corrected chi connectivity index (χ0v) is 17.0. The molecule has 1 aromatic heterocycles. The van der Waals surface area contributed by atoms with Gasteiger partial charge in [-0.25, -0.2) is 4.79 Å². The zero-order chi connectivity index (χ0) is 20.9. The number of fused-ring (bicyclic) bond motifs is 7. The van der Waals surface area contributed by atoms with Crippen molar-refractivity contribution >= 4 is 12.1 Å². The quantitative estimate of drug-likeness (QED) is 0.594. The monoisotopic (exact) mass is 410 g/mol. The van der Waals surface area contributed by atoms with E-state index in [-0.39, 0.29) is 41.2 Å². The lowest BCUT2D eigenvalue weighted by molar-refractivity contribution is -0.185. The summed E-state index contributed by atoms with van der Waals surface area (Å²) in [7, 11) is 0. The smallest absolute Gasteiger partial charge is 0.335 e. The van der Waals surface area contributed by atoms with Crippen LogP contribution in [-0.2, 0) is 14.3 Å². The summed E-state index contributed by atoms with van der Waals surface area (Å²) < 4.78 is 10.8. The van der Waals surface area contributed by atoms with Crippen LogP contribution < -0.4 is 5.63 Å². The molecule has 0 aromatic carbocycles. The summed E-state index contributed by atoms with van der Waals surface area (Å²) in [5, 5.41) is 11.6. The SMILES string of the molecule is C[C@]12CC[C@H]3[C@@H](CC[C@]4(O)[C@@H]5O[C@@H]5CC[C@]34C=O)C1=CC(=O)[C@@H]2c1ccc(=O)oc1. The molecule has 4 fully saturated rings. The van der Waals surface area contributed by atoms with Gasteiger partial charge in [0, 0.05) is 11.5 Å². The third-order valence-electron chi connectivity index (χ3n) is 9.21. The second-order valence-corrected chi connectivity index (χ2v) is 10.2. The number of aldehydes is 1. The Morgan fingerprint density at radius 2 is 1.97 bits per heavy atom. The Hall–Kier alpha value is -2.05. The number of rotatable bonds is 2. The lowest BCUT2D eigenvalue weighted by Gasteiger charge is -2.60. The van der Waals surface area contributed by atoms with Gasteiger partial charge in [0.15, 0.2) is 5.78 Å². The highest BCUT2D eigenvalue weighted by Crippen LogP contribution is 2.69. The zero-order valence-electron chi connectivity index (χ0n) is 17.0. The number of ether oxygens (including phenoxy) is 1. The lowest BCUT2D eigenvalue weighted by atomic mass is 9.44. The first-order valence-electron chi connectivity index (χ1n) is 11.0. The lowest BCUT2D eigenvalue weighted by Crippen LogP contribution is -2.65. The molecule has 0 amide bonds. The number of allylic oxidation sites excluding steroid dienone is 2. The number of carbonyl (C=O) groups excluding carboxylic acids is 2. The molecule has 8 atom stereocenters. The second-order valence-electron chi connectivity index (χ2n) is 10.2. The van der Waals surface area contributed by atoms with Crippen LogP contribution in [0.5, 0.6) is 0 Å². The molecule has 1 N–H and O–H groups in total. The van der Waals surface area contributed by atoms with E-state index in [1.165, 1.54) is 12.3 Å². The highest BCUT2D eigenvalue weighted by molar-refractivity contribution is 6.00. The van der Waals surface area contributed by atoms with E-state index in [9.17, 15) is 19.5 Å². The molecule has 0 spiro atoms. The molecule has 1 aliphatic heterocycles. The molecule has 1 aromatic rings. The average Bonchev–Trinajstić information content (AvgIpc) is 3.47. The van der Waals surface area contributed by atoms with Gasteiger partial charge in [0.1, 0.15) is 18.0 Å². The van der Waals surface area contributed by atoms with Crippen molar-refractivity contribution in [3.63, 3.8) is 0 Å². The van der Waals surface area contributed by atoms with Crippen molar-refractivity contribution in [2.45, 2.75) is 69.2 Å². The van der Waals surface area contributed by atoms with E-state index >= 15 is 0 Å². The number of hydrogen-bond acceptors (Lipinski definition) is 6. The summed E-state index contributed by atoms with van der Waals surface area (Å²) in [4.78, 5) is 37.1. The first-order chi connectivity index (χ1) is 14.3. The van der Waals surface area contributed by atoms with Crippen LogP contribution in [0.3, 0.4) is 0 Å². The van der Waals surface area contributed by atoms with Crippen LogP contribution in [0.1, 0.15) is 56.9 Å². The normalized spacial score (nSPS) is 48.7. The maximum Gasteiger partial charge on any atom is 0.335 e. The fraction of sp³-hybridized carbons (Fsp3) is 0.625. The summed E-state index contributed by atoms with van der Waals surface area (Å²) in [6.07, 6.45) is 8.40. The van der Waals surface area contributed by atoms with E-state index in [1.807, 2.05) is 0 Å². The van der Waals surface area contributed by atoms with Crippen molar-refractivity contribution in [2.24, 2.45) is 22.7 Å². The molecule has 0 unspecified atom stereocenters. The fourth-order valence-corrected chi connectivity index (χ4v) is 7.76. The van der Waals surface area contributed by atoms with Crippen molar-refractivity contribution in [2.75, 3.05) is 0 Å². The molecule has 5 aliphatic rings. The predicted molar refractivity (Wildman–Crippen MR) is 106 cm³/mol. The molecular weight excluding hydrogens is 384 g/mol. The minimum Gasteiger partial charge on any atom is -0.431 e. The van der Waals surface area contributed by atoms with Crippen LogP contribution in [0.25, 0.3) is 0 Å². The van der Waals surface area contributed by atoms with Gasteiger partial charge in [0.2, 0.25) is 0 Å². The van der Waals surface area contributed by atoms with Gasteiger partial charge in [-0.1, -0.05) is 12.5 Å². The van der Waals surface area contributed by atoms with Crippen LogP contribution in [0, 0.1) is 22.7 Å². The number of epoxide rings is 1. The van der Waals surface area contributed by atoms with Gasteiger partial charge in [-0.15, -0.1) is 0 Å². The van der Waals surface area contributed by atoms with E-state index in [2.05, 4.69) is 6.92 Å². The molecule has 0 bridgehead atoms. The molecule has 30 heavy (non-hydrogen) atoms. The molecule has 3 saturated carbocycles. The van der Waals surface area contributed by atoms with Crippen LogP contribution in [0.2, 0.25) is 0 Å². The number of carbonyl (C=O) groups is 2. The minimum atomic E-state index is -1.09. The largest absolute Gasteiger partial charge is 0.431 e. The van der Waals surface area contributed by atoms with Crippen LogP contribution in [-0.4, -0.2) is 35.0 Å². The summed E-state index contributed by atoms with van der Waals surface area (Å²) >= 11 is 0. The van der Waals surface area contributed by atoms with Crippen molar-refractivity contribution in [1.82, 2.24) is 0 Å². The Kier molecular flexibility index (Phi) is 3.61. The van der Waals surface area contributed by atoms with Gasteiger partial charge in [-0.2, -0.15) is 0 Å². The molecule has 2 heterocycles. The molecule has 0 radical (unpaired) electrons. The van der Waals surface area contributed by atoms with E-state index in [1.54, 1.807) is 12.1 Å². The molecule has 158 valence electrons. The fourth-order valence-electron chi connectivity index (χ4n) is 7.76. The molecular formula is C24H26O6. The molecule has 1 saturated heterocycles. The molecule has 6 heteroatoms. The Morgan fingerprint density at radius 3 is 2.70 bits per heavy atom. The highest BCUT2D eigenvalue weighted by atomic mass is 16.6. The summed E-state index contributed by atoms with van der Waals surface area (Å²) in [5.74, 6) is -0.196. The average molecular weight is 410 g/mol. The second kappa shape index (κ2) is 5.80. The third-order valence-corrected chi connectivity index (χ3v) is 9.21.